The first kappa shape index (κ1) is 26.6. The zero-order valence-corrected chi connectivity index (χ0v) is 23.1. The summed E-state index contributed by atoms with van der Waals surface area (Å²) < 4.78 is 13.7. The Bertz CT molecular complexity index is 1340. The molecule has 194 valence electrons. The van der Waals surface area contributed by atoms with E-state index in [0.717, 1.165) is 57.0 Å². The molecule has 2 aromatic carbocycles. The van der Waals surface area contributed by atoms with Crippen molar-refractivity contribution in [3.63, 3.8) is 0 Å². The topological polar surface area (TPSA) is 60.8 Å². The number of aryl methyl sites for hydroxylation is 2. The number of ether oxygens (including phenoxy) is 2. The molecule has 0 unspecified atom stereocenters. The van der Waals surface area contributed by atoms with Gasteiger partial charge in [0.25, 0.3) is 11.1 Å². The molecular weight excluding hydrogens is 484 g/mol. The molecule has 37 heavy (non-hydrogen) atoms. The quantitative estimate of drug-likeness (QED) is 0.284. The highest BCUT2D eigenvalue weighted by molar-refractivity contribution is 8.18. The van der Waals surface area contributed by atoms with E-state index in [2.05, 4.69) is 30.5 Å². The van der Waals surface area contributed by atoms with E-state index in [0.29, 0.717) is 17.4 Å². The van der Waals surface area contributed by atoms with Crippen molar-refractivity contribution in [2.75, 3.05) is 19.8 Å². The van der Waals surface area contributed by atoms with Crippen molar-refractivity contribution in [3.05, 3.63) is 81.5 Å². The van der Waals surface area contributed by atoms with Gasteiger partial charge in [0.2, 0.25) is 0 Å². The fraction of sp³-hybridized carbons (Fsp3) is 0.333. The summed E-state index contributed by atoms with van der Waals surface area (Å²) >= 11 is 0.978. The van der Waals surface area contributed by atoms with Gasteiger partial charge < -0.3 is 14.0 Å². The number of hydrogen-bond donors (Lipinski definition) is 0. The van der Waals surface area contributed by atoms with Gasteiger partial charge in [-0.2, -0.15) is 0 Å². The van der Waals surface area contributed by atoms with Crippen LogP contribution in [0.25, 0.3) is 11.8 Å². The Morgan fingerprint density at radius 2 is 1.70 bits per heavy atom. The van der Waals surface area contributed by atoms with E-state index in [4.69, 9.17) is 9.47 Å². The van der Waals surface area contributed by atoms with Gasteiger partial charge in [-0.15, -0.1) is 0 Å². The summed E-state index contributed by atoms with van der Waals surface area (Å²) in [4.78, 5) is 27.5. The Balaban J connectivity index is 1.48. The van der Waals surface area contributed by atoms with Gasteiger partial charge in [-0.05, 0) is 105 Å². The summed E-state index contributed by atoms with van der Waals surface area (Å²) in [6.07, 6.45) is 1.82. The lowest BCUT2D eigenvalue weighted by atomic mass is 10.0. The van der Waals surface area contributed by atoms with Crippen LogP contribution < -0.4 is 9.47 Å². The zero-order valence-electron chi connectivity index (χ0n) is 22.3. The summed E-state index contributed by atoms with van der Waals surface area (Å²) in [5, 5.41) is -0.270. The van der Waals surface area contributed by atoms with E-state index in [1.54, 1.807) is 0 Å². The molecule has 1 aliphatic heterocycles. The summed E-state index contributed by atoms with van der Waals surface area (Å²) in [5.74, 6) is 1.67. The van der Waals surface area contributed by atoms with Gasteiger partial charge in [0.05, 0.1) is 18.1 Å². The largest absolute Gasteiger partial charge is 0.494 e. The van der Waals surface area contributed by atoms with Crippen LogP contribution >= 0.6 is 11.8 Å². The number of carbonyl (C=O) groups is 2. The second kappa shape index (κ2) is 11.3. The van der Waals surface area contributed by atoms with E-state index < -0.39 is 0 Å². The minimum Gasteiger partial charge on any atom is -0.494 e. The number of nitrogens with zero attached hydrogens (tertiary/aromatic N) is 2. The van der Waals surface area contributed by atoms with Gasteiger partial charge in [0, 0.05) is 17.1 Å². The third-order valence-electron chi connectivity index (χ3n) is 6.40. The van der Waals surface area contributed by atoms with Gasteiger partial charge in [0.15, 0.2) is 0 Å². The van der Waals surface area contributed by atoms with Gasteiger partial charge in [-0.25, -0.2) is 0 Å². The fourth-order valence-corrected chi connectivity index (χ4v) is 5.37. The van der Waals surface area contributed by atoms with Crippen molar-refractivity contribution in [3.8, 4) is 17.2 Å². The van der Waals surface area contributed by atoms with E-state index in [-0.39, 0.29) is 24.3 Å². The summed E-state index contributed by atoms with van der Waals surface area (Å²) in [5.41, 5.74) is 6.19. The lowest BCUT2D eigenvalue weighted by Gasteiger charge is -2.17. The molecule has 0 N–H and O–H groups in total. The Kier molecular flexibility index (Phi) is 8.13. The average molecular weight is 519 g/mol. The number of hydrogen-bond acceptors (Lipinski definition) is 5. The Morgan fingerprint density at radius 1 is 0.973 bits per heavy atom. The highest BCUT2D eigenvalue weighted by Gasteiger charge is 2.35. The molecule has 0 bridgehead atoms. The SMILES string of the molecule is CCOc1ccc(-n2c(C)cc(/C=C3\SC(=O)N(CCOc4cc(C)ccc4C(C)C)C3=O)c2C)cc1. The van der Waals surface area contributed by atoms with Gasteiger partial charge in [-0.1, -0.05) is 26.0 Å². The molecule has 7 heteroatoms. The van der Waals surface area contributed by atoms with E-state index in [1.165, 1.54) is 4.90 Å². The lowest BCUT2D eigenvalue weighted by Crippen LogP contribution is -2.32. The van der Waals surface area contributed by atoms with Crippen molar-refractivity contribution in [1.29, 1.82) is 0 Å². The minimum atomic E-state index is -0.280. The maximum atomic E-state index is 13.1. The van der Waals surface area contributed by atoms with Crippen molar-refractivity contribution in [2.24, 2.45) is 0 Å². The van der Waals surface area contributed by atoms with Gasteiger partial charge >= 0.3 is 0 Å². The molecular formula is C30H34N2O4S. The van der Waals surface area contributed by atoms with Crippen molar-refractivity contribution in [2.45, 2.75) is 47.5 Å². The van der Waals surface area contributed by atoms with Crippen LogP contribution in [0.15, 0.2) is 53.4 Å². The second-order valence-corrected chi connectivity index (χ2v) is 10.5. The highest BCUT2D eigenvalue weighted by Crippen LogP contribution is 2.34. The second-order valence-electron chi connectivity index (χ2n) is 9.47. The van der Waals surface area contributed by atoms with Crippen LogP contribution in [0.2, 0.25) is 0 Å². The van der Waals surface area contributed by atoms with Crippen LogP contribution in [-0.2, 0) is 4.79 Å². The van der Waals surface area contributed by atoms with Crippen LogP contribution in [0.5, 0.6) is 11.5 Å². The Morgan fingerprint density at radius 3 is 2.38 bits per heavy atom. The van der Waals surface area contributed by atoms with Crippen molar-refractivity contribution in [1.82, 2.24) is 9.47 Å². The molecule has 2 amide bonds. The summed E-state index contributed by atoms with van der Waals surface area (Å²) in [6, 6.07) is 16.1. The minimum absolute atomic E-state index is 0.207. The number of carbonyl (C=O) groups excluding carboxylic acids is 2. The molecule has 1 aromatic heterocycles. The number of rotatable bonds is 9. The Hall–Kier alpha value is -3.45. The molecule has 6 nitrogen and oxygen atoms in total. The number of benzene rings is 2. The first-order valence-electron chi connectivity index (χ1n) is 12.6. The molecule has 3 aromatic rings. The smallest absolute Gasteiger partial charge is 0.293 e. The van der Waals surface area contributed by atoms with Gasteiger partial charge in [-0.3, -0.25) is 14.5 Å². The monoisotopic (exact) mass is 518 g/mol. The molecule has 0 saturated carbocycles. The first-order valence-corrected chi connectivity index (χ1v) is 13.4. The lowest BCUT2D eigenvalue weighted by molar-refractivity contribution is -0.123. The molecule has 2 heterocycles. The van der Waals surface area contributed by atoms with Crippen LogP contribution in [0.3, 0.4) is 0 Å². The Labute approximate surface area is 223 Å². The molecule has 4 rings (SSSR count). The van der Waals surface area contributed by atoms with E-state index in [9.17, 15) is 9.59 Å². The predicted molar refractivity (Wildman–Crippen MR) is 150 cm³/mol. The maximum Gasteiger partial charge on any atom is 0.293 e. The summed E-state index contributed by atoms with van der Waals surface area (Å²) in [7, 11) is 0. The number of amides is 2. The molecule has 0 spiro atoms. The molecule has 1 aliphatic rings. The number of thioether (sulfide) groups is 1. The number of imide groups is 1. The predicted octanol–water partition coefficient (Wildman–Crippen LogP) is 7.04. The normalized spacial score (nSPS) is 14.8. The van der Waals surface area contributed by atoms with E-state index >= 15 is 0 Å². The third-order valence-corrected chi connectivity index (χ3v) is 7.31. The van der Waals surface area contributed by atoms with Crippen LogP contribution in [0.1, 0.15) is 54.8 Å². The molecule has 0 atom stereocenters. The summed E-state index contributed by atoms with van der Waals surface area (Å²) in [6.45, 7) is 13.3. The molecule has 0 radical (unpaired) electrons. The molecule has 1 fully saturated rings. The molecule has 1 saturated heterocycles. The zero-order chi connectivity index (χ0) is 26.7. The van der Waals surface area contributed by atoms with Crippen LogP contribution in [0, 0.1) is 20.8 Å². The standard InChI is InChI=1S/C30H34N2O4S/c1-7-35-25-11-9-24(10-12-25)32-21(5)17-23(22(32)6)18-28-29(33)31(30(34)37-28)14-15-36-27-16-20(4)8-13-26(27)19(2)3/h8-13,16-19H,7,14-15H2,1-6H3/b28-18-. The fourth-order valence-electron chi connectivity index (χ4n) is 4.51. The highest BCUT2D eigenvalue weighted by atomic mass is 32.2. The third kappa shape index (κ3) is 5.77. The first-order chi connectivity index (χ1) is 17.7. The number of aromatic nitrogens is 1. The molecule has 0 aliphatic carbocycles. The maximum absolute atomic E-state index is 13.1. The van der Waals surface area contributed by atoms with Gasteiger partial charge in [0.1, 0.15) is 18.1 Å². The van der Waals surface area contributed by atoms with E-state index in [1.807, 2.05) is 70.2 Å². The van der Waals surface area contributed by atoms with Crippen molar-refractivity contribution >= 4 is 29.0 Å². The van der Waals surface area contributed by atoms with Crippen molar-refractivity contribution < 1.29 is 19.1 Å². The van der Waals surface area contributed by atoms with Crippen LogP contribution in [0.4, 0.5) is 4.79 Å². The van der Waals surface area contributed by atoms with Crippen LogP contribution in [-0.4, -0.2) is 40.4 Å². The average Bonchev–Trinajstić information content (AvgIpc) is 3.28.